The van der Waals surface area contributed by atoms with Crippen LogP contribution in [-0.2, 0) is 4.79 Å². The number of hydrogen-bond acceptors (Lipinski definition) is 4. The highest BCUT2D eigenvalue weighted by molar-refractivity contribution is 9.10. The van der Waals surface area contributed by atoms with Gasteiger partial charge in [0.1, 0.15) is 11.5 Å². The predicted octanol–water partition coefficient (Wildman–Crippen LogP) is 4.89. The minimum atomic E-state index is -0.330. The van der Waals surface area contributed by atoms with Gasteiger partial charge in [0, 0.05) is 10.0 Å². The van der Waals surface area contributed by atoms with Crippen molar-refractivity contribution in [1.29, 1.82) is 0 Å². The molecule has 0 aliphatic rings. The Morgan fingerprint density at radius 3 is 2.67 bits per heavy atom. The molecule has 0 saturated heterocycles. The lowest BCUT2D eigenvalue weighted by Gasteiger charge is -2.11. The van der Waals surface area contributed by atoms with E-state index in [-0.39, 0.29) is 12.5 Å². The average molecular weight is 433 g/mol. The molecule has 0 bridgehead atoms. The third kappa shape index (κ3) is 6.71. The summed E-state index contributed by atoms with van der Waals surface area (Å²) in [5, 5.41) is 3.96. The molecule has 0 aromatic heterocycles. The van der Waals surface area contributed by atoms with Crippen molar-refractivity contribution in [2.24, 2.45) is 5.10 Å². The van der Waals surface area contributed by atoms with Crippen LogP contribution < -0.4 is 14.9 Å². The van der Waals surface area contributed by atoms with Crippen LogP contribution in [0, 0.1) is 0 Å². The minimum absolute atomic E-state index is 0.100. The molecule has 0 radical (unpaired) electrons. The number of ether oxygens (including phenoxy) is 2. The quantitative estimate of drug-likeness (QED) is 0.453. The third-order valence-electron chi connectivity index (χ3n) is 4.13. The molecule has 0 spiro atoms. The second kappa shape index (κ2) is 10.7. The van der Waals surface area contributed by atoms with Crippen LogP contribution >= 0.6 is 15.9 Å². The lowest BCUT2D eigenvalue weighted by molar-refractivity contribution is -0.123. The summed E-state index contributed by atoms with van der Waals surface area (Å²) in [5.74, 6) is 1.53. The number of methoxy groups -OCH3 is 1. The molecule has 2 rings (SSSR count). The van der Waals surface area contributed by atoms with E-state index >= 15 is 0 Å². The number of halogens is 1. The summed E-state index contributed by atoms with van der Waals surface area (Å²) in [5.41, 5.74) is 4.49. The maximum atomic E-state index is 11.9. The first-order valence-electron chi connectivity index (χ1n) is 8.91. The molecule has 0 fully saturated rings. The van der Waals surface area contributed by atoms with Crippen LogP contribution in [0.15, 0.2) is 52.0 Å². The van der Waals surface area contributed by atoms with Gasteiger partial charge >= 0.3 is 0 Å². The van der Waals surface area contributed by atoms with Crippen molar-refractivity contribution < 1.29 is 14.3 Å². The predicted molar refractivity (Wildman–Crippen MR) is 112 cm³/mol. The molecule has 2 aromatic rings. The fraction of sp³-hybridized carbons (Fsp3) is 0.333. The van der Waals surface area contributed by atoms with Gasteiger partial charge in [-0.05, 0) is 48.2 Å². The summed E-state index contributed by atoms with van der Waals surface area (Å²) >= 11 is 3.39. The highest BCUT2D eigenvalue weighted by atomic mass is 79.9. The van der Waals surface area contributed by atoms with Gasteiger partial charge in [0.2, 0.25) is 0 Å². The van der Waals surface area contributed by atoms with Crippen LogP contribution in [0.3, 0.4) is 0 Å². The van der Waals surface area contributed by atoms with Crippen LogP contribution in [0.25, 0.3) is 0 Å². The number of hydrazone groups is 1. The number of benzene rings is 2. The summed E-state index contributed by atoms with van der Waals surface area (Å²) in [4.78, 5) is 11.9. The summed E-state index contributed by atoms with van der Waals surface area (Å²) in [6.07, 6.45) is 3.85. The van der Waals surface area contributed by atoms with Crippen LogP contribution in [0.4, 0.5) is 0 Å². The fourth-order valence-corrected chi connectivity index (χ4v) is 3.03. The second-order valence-electron chi connectivity index (χ2n) is 6.23. The highest BCUT2D eigenvalue weighted by Gasteiger charge is 2.06. The van der Waals surface area contributed by atoms with E-state index in [0.717, 1.165) is 22.9 Å². The van der Waals surface area contributed by atoms with E-state index in [0.29, 0.717) is 17.4 Å². The monoisotopic (exact) mass is 432 g/mol. The topological polar surface area (TPSA) is 59.9 Å². The van der Waals surface area contributed by atoms with E-state index in [2.05, 4.69) is 40.3 Å². The molecular weight excluding hydrogens is 408 g/mol. The Morgan fingerprint density at radius 2 is 2.00 bits per heavy atom. The highest BCUT2D eigenvalue weighted by Crippen LogP contribution is 2.23. The molecule has 6 heteroatoms. The third-order valence-corrected chi connectivity index (χ3v) is 4.62. The standard InChI is InChI=1S/C21H25BrN2O3/c1-4-5-15(2)16-6-9-19(10-7-16)27-14-21(25)24-23-13-17-12-18(22)8-11-20(17)26-3/h6-13,15H,4-5,14H2,1-3H3,(H,24,25)/b23-13+. The SMILES string of the molecule is CCCC(C)c1ccc(OCC(=O)N/N=C/c2cc(Br)ccc2OC)cc1. The number of rotatable bonds is 9. The lowest BCUT2D eigenvalue weighted by Crippen LogP contribution is -2.24. The van der Waals surface area contributed by atoms with Crippen molar-refractivity contribution in [3.05, 3.63) is 58.1 Å². The molecule has 0 aliphatic heterocycles. The number of amides is 1. The van der Waals surface area contributed by atoms with Crippen molar-refractivity contribution in [3.8, 4) is 11.5 Å². The molecule has 0 saturated carbocycles. The smallest absolute Gasteiger partial charge is 0.277 e. The zero-order valence-electron chi connectivity index (χ0n) is 15.9. The van der Waals surface area contributed by atoms with Crippen molar-refractivity contribution in [2.75, 3.05) is 13.7 Å². The summed E-state index contributed by atoms with van der Waals surface area (Å²) in [6.45, 7) is 4.30. The Balaban J connectivity index is 1.83. The Morgan fingerprint density at radius 1 is 1.26 bits per heavy atom. The molecule has 144 valence electrons. The first-order chi connectivity index (χ1) is 13.0. The zero-order chi connectivity index (χ0) is 19.6. The van der Waals surface area contributed by atoms with Crippen molar-refractivity contribution in [2.45, 2.75) is 32.6 Å². The molecular formula is C21H25BrN2O3. The number of carbonyl (C=O) groups excluding carboxylic acids is 1. The van der Waals surface area contributed by atoms with E-state index in [9.17, 15) is 4.79 Å². The summed E-state index contributed by atoms with van der Waals surface area (Å²) in [7, 11) is 1.58. The first-order valence-corrected chi connectivity index (χ1v) is 9.71. The first kappa shape index (κ1) is 21.0. The number of carbonyl (C=O) groups is 1. The Hall–Kier alpha value is -2.34. The Kier molecular flexibility index (Phi) is 8.33. The van der Waals surface area contributed by atoms with Gasteiger partial charge in [-0.2, -0.15) is 5.10 Å². The molecule has 2 aromatic carbocycles. The van der Waals surface area contributed by atoms with E-state index in [1.807, 2.05) is 42.5 Å². The largest absolute Gasteiger partial charge is 0.496 e. The second-order valence-corrected chi connectivity index (χ2v) is 7.14. The van der Waals surface area contributed by atoms with E-state index in [1.165, 1.54) is 11.8 Å². The van der Waals surface area contributed by atoms with Crippen molar-refractivity contribution in [1.82, 2.24) is 5.43 Å². The lowest BCUT2D eigenvalue weighted by atomic mass is 9.97. The van der Waals surface area contributed by atoms with Gasteiger partial charge in [-0.25, -0.2) is 5.43 Å². The average Bonchev–Trinajstić information content (AvgIpc) is 2.67. The minimum Gasteiger partial charge on any atom is -0.496 e. The van der Waals surface area contributed by atoms with Gasteiger partial charge in [-0.3, -0.25) is 4.79 Å². The van der Waals surface area contributed by atoms with Gasteiger partial charge in [0.25, 0.3) is 5.91 Å². The van der Waals surface area contributed by atoms with E-state index in [4.69, 9.17) is 9.47 Å². The Bertz CT molecular complexity index is 775. The van der Waals surface area contributed by atoms with Gasteiger partial charge < -0.3 is 9.47 Å². The van der Waals surface area contributed by atoms with Crippen molar-refractivity contribution >= 4 is 28.1 Å². The van der Waals surface area contributed by atoms with Crippen LogP contribution in [0.5, 0.6) is 11.5 Å². The van der Waals surface area contributed by atoms with Crippen LogP contribution in [0.2, 0.25) is 0 Å². The maximum Gasteiger partial charge on any atom is 0.277 e. The molecule has 5 nitrogen and oxygen atoms in total. The molecule has 1 atom stereocenters. The van der Waals surface area contributed by atoms with E-state index in [1.54, 1.807) is 7.11 Å². The van der Waals surface area contributed by atoms with Gasteiger partial charge in [-0.15, -0.1) is 0 Å². The molecule has 27 heavy (non-hydrogen) atoms. The van der Waals surface area contributed by atoms with Gasteiger partial charge in [0.05, 0.1) is 13.3 Å². The molecule has 1 N–H and O–H groups in total. The van der Waals surface area contributed by atoms with Crippen molar-refractivity contribution in [3.63, 3.8) is 0 Å². The number of hydrogen-bond donors (Lipinski definition) is 1. The molecule has 0 aliphatic carbocycles. The maximum absolute atomic E-state index is 11.9. The zero-order valence-corrected chi connectivity index (χ0v) is 17.5. The Labute approximate surface area is 168 Å². The number of nitrogens with zero attached hydrogens (tertiary/aromatic N) is 1. The number of nitrogens with one attached hydrogen (secondary N) is 1. The van der Waals surface area contributed by atoms with Crippen LogP contribution in [0.1, 0.15) is 43.7 Å². The van der Waals surface area contributed by atoms with Gasteiger partial charge in [0.15, 0.2) is 6.61 Å². The molecule has 1 unspecified atom stereocenters. The summed E-state index contributed by atoms with van der Waals surface area (Å²) < 4.78 is 11.7. The summed E-state index contributed by atoms with van der Waals surface area (Å²) in [6, 6.07) is 13.4. The van der Waals surface area contributed by atoms with Crippen LogP contribution in [-0.4, -0.2) is 25.8 Å². The normalized spacial score (nSPS) is 12.0. The van der Waals surface area contributed by atoms with E-state index < -0.39 is 0 Å². The molecule has 0 heterocycles. The molecule has 1 amide bonds. The fourth-order valence-electron chi connectivity index (χ4n) is 2.65. The van der Waals surface area contributed by atoms with Gasteiger partial charge in [-0.1, -0.05) is 48.3 Å².